The molecule has 1 rings (SSSR count). The number of aryl methyl sites for hydroxylation is 1. The minimum atomic E-state index is 0.0212. The average Bonchev–Trinajstić information content (AvgIpc) is 2.07. The van der Waals surface area contributed by atoms with Gasteiger partial charge in [-0.15, -0.1) is 0 Å². The topological polar surface area (TPSA) is 59.1 Å². The van der Waals surface area contributed by atoms with E-state index in [1.54, 1.807) is 18.3 Å². The van der Waals surface area contributed by atoms with Crippen LogP contribution in [0.1, 0.15) is 11.1 Å². The van der Waals surface area contributed by atoms with Crippen molar-refractivity contribution in [3.05, 3.63) is 29.5 Å². The summed E-state index contributed by atoms with van der Waals surface area (Å²) in [5.41, 5.74) is 7.49. The molecule has 0 spiro atoms. The highest BCUT2D eigenvalue weighted by Gasteiger charge is 1.95. The first-order chi connectivity index (χ1) is 5.74. The van der Waals surface area contributed by atoms with Crippen molar-refractivity contribution in [2.24, 2.45) is 0 Å². The number of nitrogens with zero attached hydrogens (tertiary/aromatic N) is 1. The van der Waals surface area contributed by atoms with Gasteiger partial charge in [0.25, 0.3) is 0 Å². The van der Waals surface area contributed by atoms with Crippen molar-refractivity contribution in [3.63, 3.8) is 0 Å². The first kappa shape index (κ1) is 8.74. The van der Waals surface area contributed by atoms with Crippen molar-refractivity contribution in [3.8, 4) is 0 Å². The quantitative estimate of drug-likeness (QED) is 0.685. The third-order valence-corrected chi connectivity index (χ3v) is 1.49. The molecule has 0 fully saturated rings. The Morgan fingerprint density at radius 3 is 3.08 bits per heavy atom. The number of aliphatic hydroxyl groups is 1. The van der Waals surface area contributed by atoms with E-state index in [1.807, 2.05) is 13.0 Å². The van der Waals surface area contributed by atoms with Crippen LogP contribution in [-0.2, 0) is 0 Å². The molecule has 1 aromatic heterocycles. The molecule has 64 valence electrons. The van der Waals surface area contributed by atoms with Gasteiger partial charge in [0.05, 0.1) is 6.61 Å². The third-order valence-electron chi connectivity index (χ3n) is 1.49. The van der Waals surface area contributed by atoms with Crippen LogP contribution in [0.4, 0.5) is 5.82 Å². The second kappa shape index (κ2) is 3.88. The van der Waals surface area contributed by atoms with Crippen LogP contribution in [0, 0.1) is 6.92 Å². The molecule has 0 saturated carbocycles. The van der Waals surface area contributed by atoms with Gasteiger partial charge in [0, 0.05) is 11.8 Å². The lowest BCUT2D eigenvalue weighted by atomic mass is 10.2. The van der Waals surface area contributed by atoms with E-state index in [2.05, 4.69) is 4.98 Å². The van der Waals surface area contributed by atoms with Crippen LogP contribution in [0.2, 0.25) is 0 Å². The summed E-state index contributed by atoms with van der Waals surface area (Å²) in [6, 6.07) is 1.93. The van der Waals surface area contributed by atoms with E-state index in [9.17, 15) is 0 Å². The molecule has 0 saturated heterocycles. The third kappa shape index (κ3) is 2.07. The van der Waals surface area contributed by atoms with E-state index < -0.39 is 0 Å². The molecule has 0 aliphatic rings. The number of pyridine rings is 1. The zero-order chi connectivity index (χ0) is 8.97. The lowest BCUT2D eigenvalue weighted by Crippen LogP contribution is -1.94. The minimum Gasteiger partial charge on any atom is -0.392 e. The maximum absolute atomic E-state index is 8.54. The second-order valence-corrected chi connectivity index (χ2v) is 2.57. The van der Waals surface area contributed by atoms with E-state index in [-0.39, 0.29) is 6.61 Å². The number of aliphatic hydroxyl groups excluding tert-OH is 1. The number of hydrogen-bond donors (Lipinski definition) is 2. The maximum Gasteiger partial charge on any atom is 0.130 e. The lowest BCUT2D eigenvalue weighted by molar-refractivity contribution is 0.343. The number of rotatable bonds is 2. The molecular weight excluding hydrogens is 152 g/mol. The molecule has 0 radical (unpaired) electrons. The summed E-state index contributed by atoms with van der Waals surface area (Å²) in [5.74, 6) is 0.491. The fraction of sp³-hybridized carbons (Fsp3) is 0.222. The van der Waals surface area contributed by atoms with Gasteiger partial charge in [-0.3, -0.25) is 0 Å². The van der Waals surface area contributed by atoms with Crippen molar-refractivity contribution in [1.82, 2.24) is 4.98 Å². The maximum atomic E-state index is 8.54. The highest BCUT2D eigenvalue weighted by Crippen LogP contribution is 2.11. The van der Waals surface area contributed by atoms with Gasteiger partial charge >= 0.3 is 0 Å². The summed E-state index contributed by atoms with van der Waals surface area (Å²) in [6.45, 7) is 1.97. The number of nitrogens with two attached hydrogens (primary N) is 1. The van der Waals surface area contributed by atoms with Crippen molar-refractivity contribution >= 4 is 11.9 Å². The molecule has 0 aliphatic heterocycles. The molecule has 1 heterocycles. The van der Waals surface area contributed by atoms with Crippen molar-refractivity contribution in [2.45, 2.75) is 6.92 Å². The largest absolute Gasteiger partial charge is 0.392 e. The van der Waals surface area contributed by atoms with Crippen LogP contribution in [0.3, 0.4) is 0 Å². The van der Waals surface area contributed by atoms with Gasteiger partial charge in [-0.25, -0.2) is 4.98 Å². The van der Waals surface area contributed by atoms with Gasteiger partial charge in [-0.1, -0.05) is 12.2 Å². The SMILES string of the molecule is Cc1cnc(N)c(C=CCO)c1. The van der Waals surface area contributed by atoms with Crippen molar-refractivity contribution in [1.29, 1.82) is 0 Å². The Hall–Kier alpha value is -1.35. The first-order valence-corrected chi connectivity index (χ1v) is 3.73. The van der Waals surface area contributed by atoms with Crippen LogP contribution < -0.4 is 5.73 Å². The molecule has 0 aromatic carbocycles. The summed E-state index contributed by atoms with van der Waals surface area (Å²) in [7, 11) is 0. The molecule has 1 aromatic rings. The van der Waals surface area contributed by atoms with Crippen LogP contribution in [0.15, 0.2) is 18.3 Å². The molecule has 0 aliphatic carbocycles. The van der Waals surface area contributed by atoms with Crippen LogP contribution in [0.5, 0.6) is 0 Å². The molecule has 0 unspecified atom stereocenters. The fourth-order valence-corrected chi connectivity index (χ4v) is 0.916. The Labute approximate surface area is 71.6 Å². The summed E-state index contributed by atoms with van der Waals surface area (Å²) in [5, 5.41) is 8.54. The van der Waals surface area contributed by atoms with E-state index in [1.165, 1.54) is 0 Å². The molecule has 3 N–H and O–H groups in total. The van der Waals surface area contributed by atoms with Crippen molar-refractivity contribution < 1.29 is 5.11 Å². The normalized spacial score (nSPS) is 10.8. The first-order valence-electron chi connectivity index (χ1n) is 3.73. The summed E-state index contributed by atoms with van der Waals surface area (Å²) < 4.78 is 0. The number of nitrogen functional groups attached to an aromatic ring is 1. The van der Waals surface area contributed by atoms with Crippen molar-refractivity contribution in [2.75, 3.05) is 12.3 Å². The number of anilines is 1. The monoisotopic (exact) mass is 164 g/mol. The number of hydrogen-bond acceptors (Lipinski definition) is 3. The summed E-state index contributed by atoms with van der Waals surface area (Å²) >= 11 is 0. The molecule has 3 nitrogen and oxygen atoms in total. The van der Waals surface area contributed by atoms with E-state index >= 15 is 0 Å². The Morgan fingerprint density at radius 2 is 2.42 bits per heavy atom. The van der Waals surface area contributed by atoms with E-state index in [0.29, 0.717) is 5.82 Å². The minimum absolute atomic E-state index is 0.0212. The zero-order valence-corrected chi connectivity index (χ0v) is 6.99. The van der Waals surface area contributed by atoms with Crippen LogP contribution in [0.25, 0.3) is 6.08 Å². The molecule has 0 atom stereocenters. The molecular formula is C9H12N2O. The predicted octanol–water partition coefficient (Wildman–Crippen LogP) is 0.978. The summed E-state index contributed by atoms with van der Waals surface area (Å²) in [4.78, 5) is 3.98. The summed E-state index contributed by atoms with van der Waals surface area (Å²) in [6.07, 6.45) is 5.10. The van der Waals surface area contributed by atoms with E-state index in [0.717, 1.165) is 11.1 Å². The number of aromatic nitrogens is 1. The highest BCUT2D eigenvalue weighted by atomic mass is 16.2. The molecule has 3 heteroatoms. The Balaban J connectivity index is 2.97. The smallest absolute Gasteiger partial charge is 0.130 e. The highest BCUT2D eigenvalue weighted by molar-refractivity contribution is 5.61. The Bertz CT molecular complexity index is 295. The van der Waals surface area contributed by atoms with Gasteiger partial charge in [0.15, 0.2) is 0 Å². The Kier molecular flexibility index (Phi) is 2.82. The Morgan fingerprint density at radius 1 is 1.67 bits per heavy atom. The second-order valence-electron chi connectivity index (χ2n) is 2.57. The van der Waals surface area contributed by atoms with Gasteiger partial charge in [0.2, 0.25) is 0 Å². The molecule has 0 bridgehead atoms. The van der Waals surface area contributed by atoms with Crippen LogP contribution in [-0.4, -0.2) is 16.7 Å². The molecule has 12 heavy (non-hydrogen) atoms. The average molecular weight is 164 g/mol. The lowest BCUT2D eigenvalue weighted by Gasteiger charge is -1.99. The zero-order valence-electron chi connectivity index (χ0n) is 6.99. The van der Waals surface area contributed by atoms with Gasteiger partial charge in [0.1, 0.15) is 5.82 Å². The van der Waals surface area contributed by atoms with Crippen LogP contribution >= 0.6 is 0 Å². The molecule has 0 amide bonds. The van der Waals surface area contributed by atoms with Gasteiger partial charge in [-0.05, 0) is 18.6 Å². The standard InChI is InChI=1S/C9H12N2O/c1-7-5-8(3-2-4-12)9(10)11-6-7/h2-3,5-6,12H,4H2,1H3,(H2,10,11). The van der Waals surface area contributed by atoms with Gasteiger partial charge < -0.3 is 10.8 Å². The predicted molar refractivity (Wildman–Crippen MR) is 49.5 cm³/mol. The van der Waals surface area contributed by atoms with E-state index in [4.69, 9.17) is 10.8 Å². The van der Waals surface area contributed by atoms with Gasteiger partial charge in [-0.2, -0.15) is 0 Å². The fourth-order valence-electron chi connectivity index (χ4n) is 0.916.